The first-order valence-electron chi connectivity index (χ1n) is 5.23. The van der Waals surface area contributed by atoms with Gasteiger partial charge in [-0.05, 0) is 26.0 Å². The molecule has 0 bridgehead atoms. The first-order valence-corrected chi connectivity index (χ1v) is 7.15. The summed E-state index contributed by atoms with van der Waals surface area (Å²) < 4.78 is 23.7. The van der Waals surface area contributed by atoms with Crippen molar-refractivity contribution in [1.82, 2.24) is 4.83 Å². The second kappa shape index (κ2) is 6.03. The number of alkyl halides is 1. The lowest BCUT2D eigenvalue weighted by atomic mass is 10.2. The van der Waals surface area contributed by atoms with E-state index in [1.165, 1.54) is 19.1 Å². The van der Waals surface area contributed by atoms with Crippen LogP contribution in [0.4, 0.5) is 0 Å². The maximum atomic E-state index is 11.8. The third-order valence-corrected chi connectivity index (χ3v) is 3.98. The van der Waals surface area contributed by atoms with Crippen molar-refractivity contribution in [3.63, 3.8) is 0 Å². The molecular weight excluding hydrogens is 292 g/mol. The molecule has 1 aromatic rings. The maximum Gasteiger partial charge on any atom is 0.327 e. The van der Waals surface area contributed by atoms with E-state index in [4.69, 9.17) is 16.7 Å². The number of carboxylic acids is 1. The summed E-state index contributed by atoms with van der Waals surface area (Å²) in [6.45, 7) is 3.15. The number of sulfonamides is 1. The lowest BCUT2D eigenvalue weighted by Gasteiger charge is -2.06. The van der Waals surface area contributed by atoms with Gasteiger partial charge in [-0.1, -0.05) is 17.7 Å². The summed E-state index contributed by atoms with van der Waals surface area (Å²) in [5.74, 6) is -1.29. The molecule has 0 aliphatic carbocycles. The van der Waals surface area contributed by atoms with E-state index in [-0.39, 0.29) is 10.6 Å². The average molecular weight is 305 g/mol. The average Bonchev–Trinajstić information content (AvgIpc) is 2.35. The molecule has 0 radical (unpaired) electrons. The van der Waals surface area contributed by atoms with Gasteiger partial charge in [-0.15, -0.1) is 11.6 Å². The highest BCUT2D eigenvalue weighted by Crippen LogP contribution is 2.10. The molecule has 2 N–H and O–H groups in total. The van der Waals surface area contributed by atoms with Gasteiger partial charge in [0.2, 0.25) is 0 Å². The molecule has 0 fully saturated rings. The fraction of sp³-hybridized carbons (Fsp3) is 0.273. The Bertz CT molecular complexity index is 596. The number of hydrogen-bond acceptors (Lipinski definition) is 4. The van der Waals surface area contributed by atoms with Gasteiger partial charge >= 0.3 is 5.97 Å². The van der Waals surface area contributed by atoms with Crippen LogP contribution in [0, 0.1) is 6.92 Å². The third-order valence-electron chi connectivity index (χ3n) is 2.26. The normalized spacial score (nSPS) is 13.9. The first kappa shape index (κ1) is 15.5. The number of nitrogens with zero attached hydrogens (tertiary/aromatic N) is 1. The molecule has 0 amide bonds. The molecule has 104 valence electrons. The second-order valence-electron chi connectivity index (χ2n) is 3.86. The van der Waals surface area contributed by atoms with Crippen LogP contribution in [-0.2, 0) is 14.8 Å². The Morgan fingerprint density at radius 2 is 1.89 bits per heavy atom. The zero-order chi connectivity index (χ0) is 14.6. The van der Waals surface area contributed by atoms with E-state index in [0.717, 1.165) is 5.56 Å². The van der Waals surface area contributed by atoms with Crippen LogP contribution >= 0.6 is 11.6 Å². The number of carbonyl (C=O) groups is 1. The van der Waals surface area contributed by atoms with Gasteiger partial charge in [0.1, 0.15) is 0 Å². The van der Waals surface area contributed by atoms with Crippen LogP contribution in [0.15, 0.2) is 34.3 Å². The monoisotopic (exact) mass is 304 g/mol. The molecule has 6 nitrogen and oxygen atoms in total. The quantitative estimate of drug-likeness (QED) is 0.487. The minimum atomic E-state index is -3.82. The van der Waals surface area contributed by atoms with E-state index >= 15 is 0 Å². The number of halogens is 1. The van der Waals surface area contributed by atoms with Gasteiger partial charge in [0.15, 0.2) is 5.38 Å². The highest BCUT2D eigenvalue weighted by atomic mass is 35.5. The Kier molecular flexibility index (Phi) is 4.90. The Labute approximate surface area is 116 Å². The number of carboxylic acid groups (broad SMARTS) is 1. The molecule has 0 spiro atoms. The van der Waals surface area contributed by atoms with Gasteiger partial charge in [-0.3, -0.25) is 4.79 Å². The van der Waals surface area contributed by atoms with Crippen LogP contribution in [0.1, 0.15) is 12.5 Å². The smallest absolute Gasteiger partial charge is 0.327 e. The van der Waals surface area contributed by atoms with Crippen molar-refractivity contribution in [2.45, 2.75) is 24.1 Å². The summed E-state index contributed by atoms with van der Waals surface area (Å²) >= 11 is 5.50. The fourth-order valence-electron chi connectivity index (χ4n) is 1.14. The largest absolute Gasteiger partial charge is 0.480 e. The minimum absolute atomic E-state index is 0.0381. The van der Waals surface area contributed by atoms with Crippen molar-refractivity contribution in [1.29, 1.82) is 0 Å². The van der Waals surface area contributed by atoms with E-state index in [2.05, 4.69) is 5.10 Å². The number of aryl methyl sites for hydroxylation is 1. The minimum Gasteiger partial charge on any atom is -0.480 e. The van der Waals surface area contributed by atoms with E-state index in [1.807, 2.05) is 11.8 Å². The van der Waals surface area contributed by atoms with Crippen molar-refractivity contribution in [3.8, 4) is 0 Å². The van der Waals surface area contributed by atoms with Crippen molar-refractivity contribution in [2.75, 3.05) is 0 Å². The van der Waals surface area contributed by atoms with Crippen LogP contribution in [-0.4, -0.2) is 30.6 Å². The molecule has 0 aliphatic rings. The zero-order valence-electron chi connectivity index (χ0n) is 10.3. The van der Waals surface area contributed by atoms with E-state index < -0.39 is 21.4 Å². The van der Waals surface area contributed by atoms with Gasteiger partial charge < -0.3 is 5.11 Å². The lowest BCUT2D eigenvalue weighted by molar-refractivity contribution is -0.135. The first-order chi connectivity index (χ1) is 8.74. The lowest BCUT2D eigenvalue weighted by Crippen LogP contribution is -2.26. The summed E-state index contributed by atoms with van der Waals surface area (Å²) in [7, 11) is -3.82. The van der Waals surface area contributed by atoms with Gasteiger partial charge in [0.05, 0.1) is 10.6 Å². The Morgan fingerprint density at radius 3 is 2.37 bits per heavy atom. The van der Waals surface area contributed by atoms with Gasteiger partial charge in [0, 0.05) is 0 Å². The van der Waals surface area contributed by atoms with Crippen LogP contribution in [0.3, 0.4) is 0 Å². The molecule has 1 aromatic carbocycles. The van der Waals surface area contributed by atoms with E-state index in [9.17, 15) is 13.2 Å². The predicted octanol–water partition coefficient (Wildman–Crippen LogP) is 1.34. The molecule has 19 heavy (non-hydrogen) atoms. The Balaban J connectivity index is 2.89. The van der Waals surface area contributed by atoms with E-state index in [1.54, 1.807) is 12.1 Å². The van der Waals surface area contributed by atoms with Crippen molar-refractivity contribution in [2.24, 2.45) is 5.10 Å². The number of benzene rings is 1. The van der Waals surface area contributed by atoms with Crippen molar-refractivity contribution in [3.05, 3.63) is 29.8 Å². The molecule has 1 atom stereocenters. The van der Waals surface area contributed by atoms with Crippen molar-refractivity contribution < 1.29 is 18.3 Å². The summed E-state index contributed by atoms with van der Waals surface area (Å²) in [5, 5.41) is 10.7. The molecule has 1 unspecified atom stereocenters. The SMILES string of the molecule is C/C(=N/NS(=O)(=O)c1ccc(C)cc1)C(Cl)C(=O)O. The molecular formula is C11H13ClN2O4S. The second-order valence-corrected chi connectivity index (χ2v) is 5.96. The number of hydrazone groups is 1. The molecule has 8 heteroatoms. The van der Waals surface area contributed by atoms with E-state index in [0.29, 0.717) is 0 Å². The van der Waals surface area contributed by atoms with Crippen LogP contribution in [0.2, 0.25) is 0 Å². The van der Waals surface area contributed by atoms with Crippen LogP contribution < -0.4 is 4.83 Å². The molecule has 1 rings (SSSR count). The van der Waals surface area contributed by atoms with Crippen molar-refractivity contribution >= 4 is 33.3 Å². The number of aliphatic carboxylic acids is 1. The molecule has 0 saturated heterocycles. The highest BCUT2D eigenvalue weighted by molar-refractivity contribution is 7.89. The Hall–Kier alpha value is -1.60. The molecule has 0 aromatic heterocycles. The highest BCUT2D eigenvalue weighted by Gasteiger charge is 2.19. The molecule has 0 saturated carbocycles. The third kappa shape index (κ3) is 4.22. The summed E-state index contributed by atoms with van der Waals surface area (Å²) in [6.07, 6.45) is 0. The predicted molar refractivity (Wildman–Crippen MR) is 71.9 cm³/mol. The number of rotatable bonds is 5. The maximum absolute atomic E-state index is 11.8. The molecule has 0 aliphatic heterocycles. The molecule has 0 heterocycles. The Morgan fingerprint density at radius 1 is 1.37 bits per heavy atom. The number of hydrogen-bond donors (Lipinski definition) is 2. The van der Waals surface area contributed by atoms with Crippen LogP contribution in [0.25, 0.3) is 0 Å². The number of nitrogens with one attached hydrogen (secondary N) is 1. The summed E-state index contributed by atoms with van der Waals surface area (Å²) in [5.41, 5.74) is 0.871. The standard InChI is InChI=1S/C11H13ClN2O4S/c1-7-3-5-9(6-4-7)19(17,18)14-13-8(2)10(12)11(15)16/h3-6,10,14H,1-2H3,(H,15,16)/b13-8-. The van der Waals surface area contributed by atoms with Gasteiger partial charge in [-0.25, -0.2) is 4.83 Å². The topological polar surface area (TPSA) is 95.8 Å². The van der Waals surface area contributed by atoms with Gasteiger partial charge in [-0.2, -0.15) is 13.5 Å². The van der Waals surface area contributed by atoms with Gasteiger partial charge in [0.25, 0.3) is 10.0 Å². The summed E-state index contributed by atoms with van der Waals surface area (Å²) in [6, 6.07) is 6.15. The fourth-order valence-corrected chi connectivity index (χ4v) is 2.05. The zero-order valence-corrected chi connectivity index (χ0v) is 11.9. The summed E-state index contributed by atoms with van der Waals surface area (Å²) in [4.78, 5) is 12.6. The van der Waals surface area contributed by atoms with Crippen LogP contribution in [0.5, 0.6) is 0 Å².